The van der Waals surface area contributed by atoms with Crippen molar-refractivity contribution < 1.29 is 9.84 Å². The maximum absolute atomic E-state index is 9.91. The average molecular weight is 281 g/mol. The van der Waals surface area contributed by atoms with Gasteiger partial charge in [-0.05, 0) is 32.4 Å². The van der Waals surface area contributed by atoms with E-state index in [1.807, 2.05) is 26.1 Å². The van der Waals surface area contributed by atoms with Crippen LogP contribution in [0.3, 0.4) is 0 Å². The Morgan fingerprint density at radius 3 is 2.65 bits per heavy atom. The molecule has 0 spiro atoms. The zero-order valence-corrected chi connectivity index (χ0v) is 13.0. The van der Waals surface area contributed by atoms with E-state index in [-0.39, 0.29) is 0 Å². The highest BCUT2D eigenvalue weighted by Crippen LogP contribution is 2.14. The van der Waals surface area contributed by atoms with Gasteiger partial charge in [0.05, 0.1) is 12.2 Å². The molecule has 0 radical (unpaired) electrons. The minimum absolute atomic E-state index is 0.571. The molecule has 0 bridgehead atoms. The molecule has 0 aliphatic carbocycles. The third-order valence-electron chi connectivity index (χ3n) is 2.90. The van der Waals surface area contributed by atoms with Crippen molar-refractivity contribution in [2.45, 2.75) is 32.9 Å². The Morgan fingerprint density at radius 2 is 2.15 bits per heavy atom. The molecule has 0 aliphatic heterocycles. The molecule has 0 amide bonds. The molecule has 1 rings (SSSR count). The Labute approximate surface area is 122 Å². The predicted octanol–water partition coefficient (Wildman–Crippen LogP) is 1.41. The molecular weight excluding hydrogens is 254 g/mol. The smallest absolute Gasteiger partial charge is 0.128 e. The minimum Gasteiger partial charge on any atom is -0.389 e. The van der Waals surface area contributed by atoms with Crippen LogP contribution in [0, 0.1) is 0 Å². The summed E-state index contributed by atoms with van der Waals surface area (Å²) in [5, 5.41) is 13.2. The molecule has 5 nitrogen and oxygen atoms in total. The summed E-state index contributed by atoms with van der Waals surface area (Å²) in [5.74, 6) is 0.898. The molecule has 1 aromatic rings. The first-order valence-corrected chi connectivity index (χ1v) is 7.08. The van der Waals surface area contributed by atoms with E-state index in [9.17, 15) is 5.11 Å². The summed E-state index contributed by atoms with van der Waals surface area (Å²) >= 11 is 0. The van der Waals surface area contributed by atoms with Crippen LogP contribution in [0.25, 0.3) is 0 Å². The van der Waals surface area contributed by atoms with E-state index < -0.39 is 5.60 Å². The number of nitrogens with one attached hydrogen (secondary N) is 1. The number of rotatable bonds is 9. The van der Waals surface area contributed by atoms with Crippen LogP contribution in [-0.2, 0) is 11.3 Å². The first-order chi connectivity index (χ1) is 9.46. The molecule has 0 fully saturated rings. The predicted molar refractivity (Wildman–Crippen MR) is 82.0 cm³/mol. The zero-order valence-electron chi connectivity index (χ0n) is 13.0. The van der Waals surface area contributed by atoms with Gasteiger partial charge in [-0.25, -0.2) is 4.98 Å². The van der Waals surface area contributed by atoms with Gasteiger partial charge in [-0.15, -0.1) is 0 Å². The van der Waals surface area contributed by atoms with Crippen molar-refractivity contribution in [3.8, 4) is 0 Å². The number of anilines is 1. The summed E-state index contributed by atoms with van der Waals surface area (Å²) in [6, 6.07) is 4.07. The molecule has 0 aromatic carbocycles. The summed E-state index contributed by atoms with van der Waals surface area (Å²) in [5.41, 5.74) is 0.419. The van der Waals surface area contributed by atoms with Crippen LogP contribution in [0.1, 0.15) is 26.3 Å². The van der Waals surface area contributed by atoms with Crippen LogP contribution >= 0.6 is 0 Å². The SMILES string of the molecule is CCN(CC(C)(C)O)c1ccc(CNCCOC)cn1. The fourth-order valence-corrected chi connectivity index (χ4v) is 1.94. The third-order valence-corrected chi connectivity index (χ3v) is 2.90. The van der Waals surface area contributed by atoms with E-state index in [1.54, 1.807) is 7.11 Å². The molecule has 0 saturated heterocycles. The molecule has 0 unspecified atom stereocenters. The van der Waals surface area contributed by atoms with Gasteiger partial charge < -0.3 is 20.1 Å². The van der Waals surface area contributed by atoms with Crippen molar-refractivity contribution in [2.75, 3.05) is 38.3 Å². The van der Waals surface area contributed by atoms with Crippen LogP contribution in [0.2, 0.25) is 0 Å². The Morgan fingerprint density at radius 1 is 1.40 bits per heavy atom. The fraction of sp³-hybridized carbons (Fsp3) is 0.667. The van der Waals surface area contributed by atoms with Crippen LogP contribution in [-0.4, -0.2) is 49.0 Å². The summed E-state index contributed by atoms with van der Waals surface area (Å²) < 4.78 is 4.98. The van der Waals surface area contributed by atoms with E-state index in [0.29, 0.717) is 13.2 Å². The molecule has 1 heterocycles. The molecule has 20 heavy (non-hydrogen) atoms. The van der Waals surface area contributed by atoms with E-state index in [2.05, 4.69) is 28.2 Å². The quantitative estimate of drug-likeness (QED) is 0.670. The maximum Gasteiger partial charge on any atom is 0.128 e. The number of likely N-dealkylation sites (N-methyl/N-ethyl adjacent to an activating group) is 1. The first kappa shape index (κ1) is 16.9. The fourth-order valence-electron chi connectivity index (χ4n) is 1.94. The summed E-state index contributed by atoms with van der Waals surface area (Å²) in [7, 11) is 1.69. The number of aliphatic hydroxyl groups is 1. The van der Waals surface area contributed by atoms with Crippen molar-refractivity contribution in [3.63, 3.8) is 0 Å². The maximum atomic E-state index is 9.91. The normalized spacial score (nSPS) is 11.7. The van der Waals surface area contributed by atoms with Crippen molar-refractivity contribution >= 4 is 5.82 Å². The zero-order chi connectivity index (χ0) is 15.0. The molecule has 0 aliphatic rings. The van der Waals surface area contributed by atoms with Gasteiger partial charge >= 0.3 is 0 Å². The second-order valence-electron chi connectivity index (χ2n) is 5.52. The molecule has 2 N–H and O–H groups in total. The van der Waals surface area contributed by atoms with Gasteiger partial charge in [-0.3, -0.25) is 0 Å². The highest BCUT2D eigenvalue weighted by Gasteiger charge is 2.18. The van der Waals surface area contributed by atoms with Crippen LogP contribution in [0.4, 0.5) is 5.82 Å². The van der Waals surface area contributed by atoms with Crippen LogP contribution in [0.5, 0.6) is 0 Å². The number of pyridine rings is 1. The van der Waals surface area contributed by atoms with Crippen molar-refractivity contribution in [1.82, 2.24) is 10.3 Å². The second-order valence-corrected chi connectivity index (χ2v) is 5.52. The van der Waals surface area contributed by atoms with Crippen molar-refractivity contribution in [3.05, 3.63) is 23.9 Å². The highest BCUT2D eigenvalue weighted by molar-refractivity contribution is 5.39. The summed E-state index contributed by atoms with van der Waals surface area (Å²) in [6.07, 6.45) is 1.88. The molecule has 0 saturated carbocycles. The lowest BCUT2D eigenvalue weighted by Crippen LogP contribution is -2.39. The number of nitrogens with zero attached hydrogens (tertiary/aromatic N) is 2. The lowest BCUT2D eigenvalue weighted by atomic mass is 10.1. The molecular formula is C15H27N3O2. The lowest BCUT2D eigenvalue weighted by Gasteiger charge is -2.29. The van der Waals surface area contributed by atoms with E-state index in [1.165, 1.54) is 0 Å². The molecule has 114 valence electrons. The molecule has 0 atom stereocenters. The van der Waals surface area contributed by atoms with Gasteiger partial charge in [0.25, 0.3) is 0 Å². The van der Waals surface area contributed by atoms with Crippen LogP contribution < -0.4 is 10.2 Å². The number of aromatic nitrogens is 1. The molecule has 5 heteroatoms. The highest BCUT2D eigenvalue weighted by atomic mass is 16.5. The largest absolute Gasteiger partial charge is 0.389 e. The Balaban J connectivity index is 2.55. The monoisotopic (exact) mass is 281 g/mol. The number of hydrogen-bond acceptors (Lipinski definition) is 5. The Bertz CT molecular complexity index is 374. The number of ether oxygens (including phenoxy) is 1. The van der Waals surface area contributed by atoms with E-state index in [4.69, 9.17) is 4.74 Å². The Hall–Kier alpha value is -1.17. The van der Waals surface area contributed by atoms with Gasteiger partial charge in [-0.1, -0.05) is 6.07 Å². The Kier molecular flexibility index (Phi) is 6.91. The number of hydrogen-bond donors (Lipinski definition) is 2. The van der Waals surface area contributed by atoms with Crippen molar-refractivity contribution in [1.29, 1.82) is 0 Å². The molecule has 1 aromatic heterocycles. The second kappa shape index (κ2) is 8.19. The van der Waals surface area contributed by atoms with Crippen LogP contribution in [0.15, 0.2) is 18.3 Å². The van der Waals surface area contributed by atoms with Gasteiger partial charge in [0.1, 0.15) is 5.82 Å². The van der Waals surface area contributed by atoms with Gasteiger partial charge in [-0.2, -0.15) is 0 Å². The average Bonchev–Trinajstić information content (AvgIpc) is 2.41. The summed E-state index contributed by atoms with van der Waals surface area (Å²) in [6.45, 7) is 9.40. The lowest BCUT2D eigenvalue weighted by molar-refractivity contribution is 0.0874. The van der Waals surface area contributed by atoms with E-state index in [0.717, 1.165) is 31.0 Å². The van der Waals surface area contributed by atoms with Crippen molar-refractivity contribution in [2.24, 2.45) is 0 Å². The summed E-state index contributed by atoms with van der Waals surface area (Å²) in [4.78, 5) is 6.55. The standard InChI is InChI=1S/C15H27N3O2/c1-5-18(12-15(2,3)19)14-7-6-13(11-17-14)10-16-8-9-20-4/h6-7,11,16,19H,5,8-10,12H2,1-4H3. The topological polar surface area (TPSA) is 57.6 Å². The minimum atomic E-state index is -0.724. The third kappa shape index (κ3) is 6.32. The van der Waals surface area contributed by atoms with E-state index >= 15 is 0 Å². The number of methoxy groups -OCH3 is 1. The van der Waals surface area contributed by atoms with Gasteiger partial charge in [0, 0.05) is 39.5 Å². The van der Waals surface area contributed by atoms with Gasteiger partial charge in [0.15, 0.2) is 0 Å². The first-order valence-electron chi connectivity index (χ1n) is 7.08. The van der Waals surface area contributed by atoms with Gasteiger partial charge in [0.2, 0.25) is 0 Å².